The van der Waals surface area contributed by atoms with Gasteiger partial charge in [-0.15, -0.1) is 10.2 Å². The first-order valence-electron chi connectivity index (χ1n) is 9.30. The zero-order valence-electron chi connectivity index (χ0n) is 15.2. The molecule has 0 saturated carbocycles. The van der Waals surface area contributed by atoms with Gasteiger partial charge in [0, 0.05) is 31.2 Å². The number of aromatic nitrogens is 2. The van der Waals surface area contributed by atoms with Crippen LogP contribution in [0.15, 0.2) is 24.3 Å². The molecule has 0 bridgehead atoms. The third-order valence-corrected chi connectivity index (χ3v) is 6.03. The van der Waals surface area contributed by atoms with Crippen LogP contribution < -0.4 is 10.2 Å². The van der Waals surface area contributed by atoms with E-state index in [-0.39, 0.29) is 17.7 Å². The van der Waals surface area contributed by atoms with Crippen molar-refractivity contribution < 1.29 is 14.3 Å². The number of ether oxygens (including phenoxy) is 1. The average Bonchev–Trinajstić information content (AvgIpc) is 3.42. The monoisotopic (exact) mass is 386 g/mol. The maximum Gasteiger partial charge on any atom is 0.255 e. The Kier molecular flexibility index (Phi) is 5.18. The standard InChI is InChI=1S/C19H22N4O3S/c1-2-12-6-3-4-7-14(12)23-11-13(10-16(23)24)18-21-22-19(27-18)20-17(25)15-8-5-9-26-15/h3-4,6-7,13,15H,2,5,8-11H2,1H3,(H,20,22,25)/t13-,15-/m0/s1. The molecule has 2 amide bonds. The van der Waals surface area contributed by atoms with Crippen molar-refractivity contribution in [2.75, 3.05) is 23.4 Å². The number of para-hydroxylation sites is 1. The van der Waals surface area contributed by atoms with Crippen molar-refractivity contribution in [3.8, 4) is 0 Å². The molecule has 2 aliphatic heterocycles. The Labute approximate surface area is 161 Å². The Balaban J connectivity index is 1.45. The van der Waals surface area contributed by atoms with E-state index in [4.69, 9.17) is 4.74 Å². The molecule has 142 valence electrons. The smallest absolute Gasteiger partial charge is 0.255 e. The average molecular weight is 386 g/mol. The number of carbonyl (C=O) groups is 2. The Bertz CT molecular complexity index is 847. The molecule has 27 heavy (non-hydrogen) atoms. The van der Waals surface area contributed by atoms with Crippen molar-refractivity contribution >= 4 is 34.0 Å². The van der Waals surface area contributed by atoms with E-state index in [1.807, 2.05) is 23.1 Å². The summed E-state index contributed by atoms with van der Waals surface area (Å²) < 4.78 is 5.39. The van der Waals surface area contributed by atoms with Crippen LogP contribution in [0.3, 0.4) is 0 Å². The van der Waals surface area contributed by atoms with Gasteiger partial charge >= 0.3 is 0 Å². The second-order valence-corrected chi connectivity index (χ2v) is 7.83. The topological polar surface area (TPSA) is 84.4 Å². The Hall–Kier alpha value is -2.32. The normalized spacial score (nSPS) is 22.4. The van der Waals surface area contributed by atoms with E-state index in [0.717, 1.165) is 35.5 Å². The minimum atomic E-state index is -0.397. The zero-order valence-corrected chi connectivity index (χ0v) is 16.0. The maximum atomic E-state index is 12.6. The number of amides is 2. The lowest BCUT2D eigenvalue weighted by Crippen LogP contribution is -2.26. The van der Waals surface area contributed by atoms with Crippen molar-refractivity contribution in [3.63, 3.8) is 0 Å². The second-order valence-electron chi connectivity index (χ2n) is 6.82. The maximum absolute atomic E-state index is 12.6. The Morgan fingerprint density at radius 1 is 1.37 bits per heavy atom. The SMILES string of the molecule is CCc1ccccc1N1C[C@@H](c2nnc(NC(=O)[C@@H]3CCCO3)s2)CC1=O. The van der Waals surface area contributed by atoms with E-state index in [2.05, 4.69) is 28.5 Å². The molecule has 1 aromatic heterocycles. The molecule has 0 unspecified atom stereocenters. The van der Waals surface area contributed by atoms with E-state index in [9.17, 15) is 9.59 Å². The summed E-state index contributed by atoms with van der Waals surface area (Å²) in [5.74, 6) is -0.0782. The minimum Gasteiger partial charge on any atom is -0.368 e. The number of benzene rings is 1. The van der Waals surface area contributed by atoms with Gasteiger partial charge in [0.15, 0.2) is 0 Å². The van der Waals surface area contributed by atoms with Gasteiger partial charge in [0.25, 0.3) is 5.91 Å². The van der Waals surface area contributed by atoms with E-state index >= 15 is 0 Å². The molecule has 8 heteroatoms. The molecule has 1 aromatic carbocycles. The summed E-state index contributed by atoms with van der Waals surface area (Å²) >= 11 is 1.34. The van der Waals surface area contributed by atoms with Crippen molar-refractivity contribution in [1.82, 2.24) is 10.2 Å². The van der Waals surface area contributed by atoms with Crippen LogP contribution in [-0.2, 0) is 20.7 Å². The van der Waals surface area contributed by atoms with E-state index < -0.39 is 6.10 Å². The van der Waals surface area contributed by atoms with Crippen molar-refractivity contribution in [2.45, 2.75) is 44.6 Å². The molecule has 2 atom stereocenters. The minimum absolute atomic E-state index is 0.00621. The molecule has 2 saturated heterocycles. The third kappa shape index (κ3) is 3.72. The molecule has 0 aliphatic carbocycles. The number of rotatable bonds is 5. The van der Waals surface area contributed by atoms with E-state index in [1.54, 1.807) is 0 Å². The van der Waals surface area contributed by atoms with Crippen LogP contribution in [0, 0.1) is 0 Å². The third-order valence-electron chi connectivity index (χ3n) is 5.03. The van der Waals surface area contributed by atoms with E-state index in [1.165, 1.54) is 11.3 Å². The van der Waals surface area contributed by atoms with Gasteiger partial charge in [0.05, 0.1) is 0 Å². The Morgan fingerprint density at radius 3 is 3.00 bits per heavy atom. The van der Waals surface area contributed by atoms with Crippen molar-refractivity contribution in [2.24, 2.45) is 0 Å². The quantitative estimate of drug-likeness (QED) is 0.854. The predicted octanol–water partition coefficient (Wildman–Crippen LogP) is 2.74. The molecule has 4 rings (SSSR count). The van der Waals surface area contributed by atoms with Gasteiger partial charge in [-0.1, -0.05) is 36.5 Å². The fourth-order valence-corrected chi connectivity index (χ4v) is 4.44. The highest BCUT2D eigenvalue weighted by molar-refractivity contribution is 7.15. The lowest BCUT2D eigenvalue weighted by atomic mass is 10.1. The number of anilines is 2. The van der Waals surface area contributed by atoms with Crippen LogP contribution in [0.1, 0.15) is 42.7 Å². The summed E-state index contributed by atoms with van der Waals surface area (Å²) in [4.78, 5) is 26.6. The number of carbonyl (C=O) groups excluding carboxylic acids is 2. The highest BCUT2D eigenvalue weighted by Crippen LogP contribution is 2.35. The van der Waals surface area contributed by atoms with Crippen LogP contribution in [0.2, 0.25) is 0 Å². The fourth-order valence-electron chi connectivity index (χ4n) is 3.60. The predicted molar refractivity (Wildman–Crippen MR) is 103 cm³/mol. The number of aryl methyl sites for hydroxylation is 1. The van der Waals surface area contributed by atoms with Gasteiger partial charge in [-0.2, -0.15) is 0 Å². The molecule has 2 fully saturated rings. The molecule has 0 radical (unpaired) electrons. The largest absolute Gasteiger partial charge is 0.368 e. The molecular weight excluding hydrogens is 364 g/mol. The lowest BCUT2D eigenvalue weighted by Gasteiger charge is -2.19. The Morgan fingerprint density at radius 2 is 2.22 bits per heavy atom. The van der Waals surface area contributed by atoms with Crippen molar-refractivity contribution in [1.29, 1.82) is 0 Å². The highest BCUT2D eigenvalue weighted by atomic mass is 32.1. The number of nitrogens with one attached hydrogen (secondary N) is 1. The lowest BCUT2D eigenvalue weighted by molar-refractivity contribution is -0.124. The summed E-state index contributed by atoms with van der Waals surface area (Å²) in [5.41, 5.74) is 2.14. The molecular formula is C19H22N4O3S. The van der Waals surface area contributed by atoms with Gasteiger partial charge < -0.3 is 9.64 Å². The van der Waals surface area contributed by atoms with Gasteiger partial charge in [0.1, 0.15) is 11.1 Å². The van der Waals surface area contributed by atoms with Gasteiger partial charge in [0.2, 0.25) is 11.0 Å². The summed E-state index contributed by atoms with van der Waals surface area (Å²) in [6.45, 7) is 3.30. The first-order chi connectivity index (χ1) is 13.2. The number of nitrogens with zero attached hydrogens (tertiary/aromatic N) is 3. The molecule has 1 N–H and O–H groups in total. The van der Waals surface area contributed by atoms with Crippen LogP contribution in [0.5, 0.6) is 0 Å². The molecule has 0 spiro atoms. The molecule has 2 aromatic rings. The summed E-state index contributed by atoms with van der Waals surface area (Å²) in [6.07, 6.45) is 2.53. The van der Waals surface area contributed by atoms with Gasteiger partial charge in [-0.05, 0) is 30.9 Å². The van der Waals surface area contributed by atoms with Crippen LogP contribution in [0.4, 0.5) is 10.8 Å². The fraction of sp³-hybridized carbons (Fsp3) is 0.474. The summed E-state index contributed by atoms with van der Waals surface area (Å²) in [7, 11) is 0. The summed E-state index contributed by atoms with van der Waals surface area (Å²) in [5, 5.41) is 12.3. The molecule has 3 heterocycles. The number of hydrogen-bond donors (Lipinski definition) is 1. The van der Waals surface area contributed by atoms with Crippen LogP contribution in [-0.4, -0.2) is 41.3 Å². The highest BCUT2D eigenvalue weighted by Gasteiger charge is 2.35. The second kappa shape index (κ2) is 7.74. The first-order valence-corrected chi connectivity index (χ1v) is 10.1. The van der Waals surface area contributed by atoms with Crippen LogP contribution in [0.25, 0.3) is 0 Å². The van der Waals surface area contributed by atoms with Gasteiger partial charge in [-0.3, -0.25) is 14.9 Å². The van der Waals surface area contributed by atoms with Crippen LogP contribution >= 0.6 is 11.3 Å². The molecule has 2 aliphatic rings. The number of hydrogen-bond acceptors (Lipinski definition) is 6. The van der Waals surface area contributed by atoms with Crippen molar-refractivity contribution in [3.05, 3.63) is 34.8 Å². The zero-order chi connectivity index (χ0) is 18.8. The molecule has 7 nitrogen and oxygen atoms in total. The summed E-state index contributed by atoms with van der Waals surface area (Å²) in [6, 6.07) is 8.00. The van der Waals surface area contributed by atoms with E-state index in [0.29, 0.717) is 24.7 Å². The first kappa shape index (κ1) is 18.1. The van der Waals surface area contributed by atoms with Gasteiger partial charge in [-0.25, -0.2) is 0 Å².